The van der Waals surface area contributed by atoms with E-state index in [-0.39, 0.29) is 6.54 Å². The van der Waals surface area contributed by atoms with Gasteiger partial charge < -0.3 is 15.6 Å². The Morgan fingerprint density at radius 3 is 2.47 bits per heavy atom. The van der Waals surface area contributed by atoms with E-state index in [4.69, 9.17) is 33.7 Å². The molecule has 0 saturated heterocycles. The number of halogens is 2. The highest BCUT2D eigenvalue weighted by molar-refractivity contribution is 6.34. The van der Waals surface area contributed by atoms with E-state index in [9.17, 15) is 5.11 Å². The summed E-state index contributed by atoms with van der Waals surface area (Å²) in [6, 6.07) is 3.12. The molecule has 3 N–H and O–H groups in total. The van der Waals surface area contributed by atoms with E-state index in [0.29, 0.717) is 21.4 Å². The van der Waals surface area contributed by atoms with Gasteiger partial charge in [-0.2, -0.15) is 0 Å². The van der Waals surface area contributed by atoms with Crippen LogP contribution in [0.5, 0.6) is 5.75 Å². The second-order valence-corrected chi connectivity index (χ2v) is 4.26. The lowest BCUT2D eigenvalue weighted by molar-refractivity contribution is 0.0669. The highest BCUT2D eigenvalue weighted by Crippen LogP contribution is 2.35. The van der Waals surface area contributed by atoms with E-state index in [2.05, 4.69) is 0 Å². The molecule has 0 aliphatic carbocycles. The fourth-order valence-corrected chi connectivity index (χ4v) is 1.81. The number of benzene rings is 1. The predicted molar refractivity (Wildman–Crippen MR) is 61.6 cm³/mol. The van der Waals surface area contributed by atoms with Crippen molar-refractivity contribution in [1.82, 2.24) is 0 Å². The lowest BCUT2D eigenvalue weighted by Crippen LogP contribution is -2.31. The van der Waals surface area contributed by atoms with Crippen molar-refractivity contribution in [2.24, 2.45) is 5.73 Å². The van der Waals surface area contributed by atoms with Crippen LogP contribution >= 0.6 is 23.2 Å². The second-order valence-electron chi connectivity index (χ2n) is 3.44. The van der Waals surface area contributed by atoms with Gasteiger partial charge >= 0.3 is 0 Å². The number of nitrogens with two attached hydrogens (primary N) is 1. The molecule has 1 rings (SSSR count). The molecule has 0 bridgehead atoms. The van der Waals surface area contributed by atoms with Crippen LogP contribution in [0.15, 0.2) is 12.1 Å². The zero-order valence-electron chi connectivity index (χ0n) is 8.55. The minimum atomic E-state index is -1.19. The maximum absolute atomic E-state index is 9.95. The summed E-state index contributed by atoms with van der Waals surface area (Å²) in [5, 5.41) is 10.7. The van der Waals surface area contributed by atoms with Crippen molar-refractivity contribution in [2.45, 2.75) is 12.5 Å². The van der Waals surface area contributed by atoms with Crippen LogP contribution in [-0.2, 0) is 5.60 Å². The van der Waals surface area contributed by atoms with Gasteiger partial charge in [-0.1, -0.05) is 23.2 Å². The first-order valence-corrected chi connectivity index (χ1v) is 5.14. The van der Waals surface area contributed by atoms with E-state index in [1.807, 2.05) is 0 Å². The van der Waals surface area contributed by atoms with Crippen molar-refractivity contribution in [3.8, 4) is 5.75 Å². The fourth-order valence-electron chi connectivity index (χ4n) is 1.21. The zero-order chi connectivity index (χ0) is 11.6. The van der Waals surface area contributed by atoms with Crippen LogP contribution < -0.4 is 10.5 Å². The Hall–Kier alpha value is -0.480. The standard InChI is InChI=1S/C10H13Cl2NO2/c1-10(14,5-13)6-3-8(12)9(15-2)4-7(6)11/h3-4,14H,5,13H2,1-2H3. The number of rotatable bonds is 3. The topological polar surface area (TPSA) is 55.5 Å². The molecule has 1 atom stereocenters. The largest absolute Gasteiger partial charge is 0.495 e. The third kappa shape index (κ3) is 2.55. The van der Waals surface area contributed by atoms with Crippen LogP contribution in [0.4, 0.5) is 0 Å². The summed E-state index contributed by atoms with van der Waals surface area (Å²) in [6.45, 7) is 1.65. The van der Waals surface area contributed by atoms with Gasteiger partial charge in [-0.15, -0.1) is 0 Å². The fraction of sp³-hybridized carbons (Fsp3) is 0.400. The first-order chi connectivity index (χ1) is 6.92. The molecule has 1 aromatic carbocycles. The van der Waals surface area contributed by atoms with Gasteiger partial charge in [-0.3, -0.25) is 0 Å². The Bertz CT molecular complexity index is 367. The lowest BCUT2D eigenvalue weighted by Gasteiger charge is -2.23. The van der Waals surface area contributed by atoms with Crippen molar-refractivity contribution in [1.29, 1.82) is 0 Å². The van der Waals surface area contributed by atoms with Gasteiger partial charge in [0.2, 0.25) is 0 Å². The molecular formula is C10H13Cl2NO2. The van der Waals surface area contributed by atoms with Gasteiger partial charge in [0.05, 0.1) is 17.2 Å². The van der Waals surface area contributed by atoms with Crippen LogP contribution in [-0.4, -0.2) is 18.8 Å². The minimum absolute atomic E-state index is 0.0649. The van der Waals surface area contributed by atoms with Gasteiger partial charge in [0.25, 0.3) is 0 Å². The van der Waals surface area contributed by atoms with E-state index in [0.717, 1.165) is 0 Å². The molecular weight excluding hydrogens is 237 g/mol. The number of hydrogen-bond acceptors (Lipinski definition) is 3. The van der Waals surface area contributed by atoms with Crippen LogP contribution in [0.25, 0.3) is 0 Å². The third-order valence-corrected chi connectivity index (χ3v) is 2.83. The van der Waals surface area contributed by atoms with Crippen LogP contribution in [0.2, 0.25) is 10.0 Å². The summed E-state index contributed by atoms with van der Waals surface area (Å²) in [5.41, 5.74) is 4.76. The van der Waals surface area contributed by atoms with Gasteiger partial charge in [0.1, 0.15) is 11.4 Å². The average Bonchev–Trinajstić information content (AvgIpc) is 2.20. The number of aliphatic hydroxyl groups is 1. The van der Waals surface area contributed by atoms with Crippen LogP contribution in [0.3, 0.4) is 0 Å². The molecule has 84 valence electrons. The molecule has 0 aliphatic heterocycles. The summed E-state index contributed by atoms with van der Waals surface area (Å²) in [6.07, 6.45) is 0. The molecule has 0 saturated carbocycles. The average molecular weight is 250 g/mol. The van der Waals surface area contributed by atoms with Crippen molar-refractivity contribution >= 4 is 23.2 Å². The third-order valence-electron chi connectivity index (χ3n) is 2.22. The second kappa shape index (κ2) is 4.58. The Balaban J connectivity index is 3.28. The molecule has 0 aromatic heterocycles. The summed E-state index contributed by atoms with van der Waals surface area (Å²) < 4.78 is 5.00. The maximum Gasteiger partial charge on any atom is 0.138 e. The predicted octanol–water partition coefficient (Wildman–Crippen LogP) is 2.17. The first-order valence-electron chi connectivity index (χ1n) is 4.38. The summed E-state index contributed by atoms with van der Waals surface area (Å²) >= 11 is 11.9. The molecule has 0 heterocycles. The number of ether oxygens (including phenoxy) is 1. The van der Waals surface area contributed by atoms with Crippen molar-refractivity contribution in [3.63, 3.8) is 0 Å². The summed E-state index contributed by atoms with van der Waals surface area (Å²) in [4.78, 5) is 0. The highest BCUT2D eigenvalue weighted by Gasteiger charge is 2.25. The Labute approximate surface area is 98.7 Å². The SMILES string of the molecule is COc1cc(Cl)c(C(C)(O)CN)cc1Cl. The molecule has 5 heteroatoms. The lowest BCUT2D eigenvalue weighted by atomic mass is 9.96. The molecule has 0 spiro atoms. The first kappa shape index (κ1) is 12.6. The molecule has 1 unspecified atom stereocenters. The van der Waals surface area contributed by atoms with E-state index in [1.165, 1.54) is 7.11 Å². The molecule has 0 radical (unpaired) electrons. The van der Waals surface area contributed by atoms with E-state index >= 15 is 0 Å². The van der Waals surface area contributed by atoms with E-state index < -0.39 is 5.60 Å². The Morgan fingerprint density at radius 1 is 1.40 bits per heavy atom. The quantitative estimate of drug-likeness (QED) is 0.864. The van der Waals surface area contributed by atoms with Crippen LogP contribution in [0.1, 0.15) is 12.5 Å². The van der Waals surface area contributed by atoms with Crippen molar-refractivity contribution < 1.29 is 9.84 Å². The van der Waals surface area contributed by atoms with Crippen molar-refractivity contribution in [2.75, 3.05) is 13.7 Å². The van der Waals surface area contributed by atoms with Crippen LogP contribution in [0, 0.1) is 0 Å². The smallest absolute Gasteiger partial charge is 0.138 e. The monoisotopic (exact) mass is 249 g/mol. The molecule has 0 fully saturated rings. The van der Waals surface area contributed by atoms with E-state index in [1.54, 1.807) is 19.1 Å². The van der Waals surface area contributed by atoms with Crippen molar-refractivity contribution in [3.05, 3.63) is 27.7 Å². The molecule has 15 heavy (non-hydrogen) atoms. The molecule has 0 amide bonds. The van der Waals surface area contributed by atoms with Gasteiger partial charge in [-0.05, 0) is 13.0 Å². The van der Waals surface area contributed by atoms with Gasteiger partial charge in [0, 0.05) is 18.2 Å². The number of hydrogen-bond donors (Lipinski definition) is 2. The maximum atomic E-state index is 9.95. The summed E-state index contributed by atoms with van der Waals surface area (Å²) in [5.74, 6) is 0.471. The number of methoxy groups -OCH3 is 1. The molecule has 0 aliphatic rings. The molecule has 1 aromatic rings. The van der Waals surface area contributed by atoms with Gasteiger partial charge in [0.15, 0.2) is 0 Å². The van der Waals surface area contributed by atoms with Gasteiger partial charge in [-0.25, -0.2) is 0 Å². The Morgan fingerprint density at radius 2 is 2.00 bits per heavy atom. The zero-order valence-corrected chi connectivity index (χ0v) is 10.1. The summed E-state index contributed by atoms with van der Waals surface area (Å²) in [7, 11) is 1.50. The minimum Gasteiger partial charge on any atom is -0.495 e. The molecule has 3 nitrogen and oxygen atoms in total. The highest BCUT2D eigenvalue weighted by atomic mass is 35.5. The Kier molecular flexibility index (Phi) is 3.84. The normalized spacial score (nSPS) is 14.8.